The summed E-state index contributed by atoms with van der Waals surface area (Å²) in [4.78, 5) is 20.0. The van der Waals surface area contributed by atoms with Crippen LogP contribution in [0.5, 0.6) is 0 Å². The number of ether oxygens (including phenoxy) is 1. The van der Waals surface area contributed by atoms with E-state index in [1.54, 1.807) is 0 Å². The van der Waals surface area contributed by atoms with Crippen molar-refractivity contribution < 1.29 is 9.53 Å². The first-order valence-corrected chi connectivity index (χ1v) is 9.35. The number of nitrogens with zero attached hydrogens (tertiary/aromatic N) is 2. The van der Waals surface area contributed by atoms with Gasteiger partial charge in [-0.05, 0) is 31.4 Å². The Morgan fingerprint density at radius 3 is 2.69 bits per heavy atom. The van der Waals surface area contributed by atoms with Crippen LogP contribution in [0.25, 0.3) is 11.1 Å². The lowest BCUT2D eigenvalue weighted by Gasteiger charge is -2.30. The number of fused-ring (bicyclic) bond motifs is 1. The highest BCUT2D eigenvalue weighted by atomic mass is 35.5. The van der Waals surface area contributed by atoms with Crippen molar-refractivity contribution in [2.75, 3.05) is 13.2 Å². The smallest absolute Gasteiger partial charge is 0.257 e. The van der Waals surface area contributed by atoms with E-state index in [0.29, 0.717) is 36.9 Å². The summed E-state index contributed by atoms with van der Waals surface area (Å²) in [5, 5.41) is 0.618. The van der Waals surface area contributed by atoms with Crippen LogP contribution in [-0.4, -0.2) is 35.0 Å². The molecule has 1 aromatic carbocycles. The summed E-state index contributed by atoms with van der Waals surface area (Å²) in [5.41, 5.74) is 11.0. The molecule has 1 aromatic heterocycles. The second kappa shape index (κ2) is 6.99. The molecule has 3 heterocycles. The normalized spacial score (nSPS) is 17.7. The van der Waals surface area contributed by atoms with E-state index < -0.39 is 0 Å². The highest BCUT2D eigenvalue weighted by molar-refractivity contribution is 6.33. The Kier molecular flexibility index (Phi) is 4.69. The molecule has 0 saturated carbocycles. The Labute approximate surface area is 158 Å². The van der Waals surface area contributed by atoms with Crippen LogP contribution >= 0.6 is 11.6 Å². The van der Waals surface area contributed by atoms with Crippen molar-refractivity contribution in [1.29, 1.82) is 0 Å². The monoisotopic (exact) mass is 371 g/mol. The number of nitrogens with two attached hydrogens (primary N) is 1. The summed E-state index contributed by atoms with van der Waals surface area (Å²) in [5.74, 6) is 0.0315. The molecule has 2 aliphatic rings. The second-order valence-electron chi connectivity index (χ2n) is 6.83. The topological polar surface area (TPSA) is 68.5 Å². The summed E-state index contributed by atoms with van der Waals surface area (Å²) < 4.78 is 5.45. The molecule has 26 heavy (non-hydrogen) atoms. The van der Waals surface area contributed by atoms with Gasteiger partial charge in [-0.25, -0.2) is 0 Å². The van der Waals surface area contributed by atoms with Gasteiger partial charge >= 0.3 is 0 Å². The molecule has 0 spiro atoms. The number of halogens is 1. The maximum Gasteiger partial charge on any atom is 0.257 e. The van der Waals surface area contributed by atoms with Crippen LogP contribution in [0.4, 0.5) is 0 Å². The molecule has 2 N–H and O–H groups in total. The summed E-state index contributed by atoms with van der Waals surface area (Å²) in [6.45, 7) is 4.20. The third-order valence-electron chi connectivity index (χ3n) is 5.35. The lowest BCUT2D eigenvalue weighted by atomic mass is 9.93. The predicted octanol–water partition coefficient (Wildman–Crippen LogP) is 3.30. The first kappa shape index (κ1) is 17.5. The first-order chi connectivity index (χ1) is 12.6. The Bertz CT molecular complexity index is 862. The molecule has 5 nitrogen and oxygen atoms in total. The fraction of sp³-hybridized carbons (Fsp3) is 0.400. The average molecular weight is 372 g/mol. The minimum absolute atomic E-state index is 0.0315. The number of hydrogen-bond acceptors (Lipinski definition) is 4. The molecule has 0 radical (unpaired) electrons. The Balaban J connectivity index is 1.87. The van der Waals surface area contributed by atoms with E-state index in [9.17, 15) is 4.79 Å². The molecule has 2 aromatic rings. The highest BCUT2D eigenvalue weighted by Gasteiger charge is 2.38. The summed E-state index contributed by atoms with van der Waals surface area (Å²) in [7, 11) is 0. The standard InChI is InChI=1S/C20H22ClN3O2/c1-12-15(10-22)18(14-4-2-3-5-16(14)21)19-17(23-12)11-24(20(19)25)13-6-8-26-9-7-13/h2-5,13H,6-11,22H2,1H3. The third-order valence-corrected chi connectivity index (χ3v) is 5.68. The number of aromatic nitrogens is 1. The third kappa shape index (κ3) is 2.80. The van der Waals surface area contributed by atoms with Gasteiger partial charge < -0.3 is 15.4 Å². The second-order valence-corrected chi connectivity index (χ2v) is 7.24. The number of aryl methyl sites for hydroxylation is 1. The van der Waals surface area contributed by atoms with Gasteiger partial charge in [-0.1, -0.05) is 29.8 Å². The fourth-order valence-corrected chi connectivity index (χ4v) is 4.26. The quantitative estimate of drug-likeness (QED) is 0.898. The SMILES string of the molecule is Cc1nc2c(c(-c3ccccc3Cl)c1CN)C(=O)N(C1CCOCC1)C2. The van der Waals surface area contributed by atoms with E-state index in [1.165, 1.54) is 0 Å². The summed E-state index contributed by atoms with van der Waals surface area (Å²) >= 11 is 6.47. The highest BCUT2D eigenvalue weighted by Crippen LogP contribution is 2.40. The zero-order valence-corrected chi connectivity index (χ0v) is 15.6. The Morgan fingerprint density at radius 2 is 2.00 bits per heavy atom. The van der Waals surface area contributed by atoms with Crippen LogP contribution in [0, 0.1) is 6.92 Å². The lowest BCUT2D eigenvalue weighted by Crippen LogP contribution is -2.39. The van der Waals surface area contributed by atoms with Gasteiger partial charge in [0.1, 0.15) is 0 Å². The molecule has 0 aliphatic carbocycles. The molecular weight excluding hydrogens is 350 g/mol. The van der Waals surface area contributed by atoms with Crippen LogP contribution in [-0.2, 0) is 17.8 Å². The maximum absolute atomic E-state index is 13.3. The van der Waals surface area contributed by atoms with Crippen LogP contribution in [0.1, 0.15) is 40.2 Å². The van der Waals surface area contributed by atoms with Crippen LogP contribution in [0.15, 0.2) is 24.3 Å². The van der Waals surface area contributed by atoms with E-state index >= 15 is 0 Å². The van der Waals surface area contributed by atoms with Crippen molar-refractivity contribution in [3.63, 3.8) is 0 Å². The fourth-order valence-electron chi connectivity index (χ4n) is 4.03. The summed E-state index contributed by atoms with van der Waals surface area (Å²) in [6.07, 6.45) is 1.73. The molecule has 6 heteroatoms. The number of benzene rings is 1. The molecular formula is C20H22ClN3O2. The van der Waals surface area contributed by atoms with Gasteiger partial charge in [0.05, 0.1) is 17.8 Å². The molecule has 2 aliphatic heterocycles. The van der Waals surface area contributed by atoms with E-state index in [2.05, 4.69) is 0 Å². The molecule has 4 rings (SSSR count). The van der Waals surface area contributed by atoms with E-state index in [4.69, 9.17) is 27.1 Å². The number of carbonyl (C=O) groups excluding carboxylic acids is 1. The van der Waals surface area contributed by atoms with Crippen LogP contribution < -0.4 is 5.73 Å². The number of rotatable bonds is 3. The zero-order valence-electron chi connectivity index (χ0n) is 14.8. The van der Waals surface area contributed by atoms with Gasteiger partial charge in [0.25, 0.3) is 5.91 Å². The van der Waals surface area contributed by atoms with Crippen LogP contribution in [0.2, 0.25) is 5.02 Å². The number of carbonyl (C=O) groups is 1. The maximum atomic E-state index is 13.3. The number of hydrogen-bond donors (Lipinski definition) is 1. The zero-order chi connectivity index (χ0) is 18.3. The van der Waals surface area contributed by atoms with Crippen molar-refractivity contribution in [2.24, 2.45) is 5.73 Å². The minimum atomic E-state index is 0.0315. The van der Waals surface area contributed by atoms with Gasteiger partial charge in [0.2, 0.25) is 0 Å². The number of pyridine rings is 1. The minimum Gasteiger partial charge on any atom is -0.381 e. The molecule has 0 atom stereocenters. The van der Waals surface area contributed by atoms with Gasteiger partial charge in [-0.15, -0.1) is 0 Å². The van der Waals surface area contributed by atoms with Crippen molar-refractivity contribution in [3.05, 3.63) is 51.8 Å². The van der Waals surface area contributed by atoms with E-state index in [-0.39, 0.29) is 11.9 Å². The molecule has 136 valence electrons. The van der Waals surface area contributed by atoms with Crippen molar-refractivity contribution in [1.82, 2.24) is 9.88 Å². The molecule has 1 amide bonds. The van der Waals surface area contributed by atoms with E-state index in [0.717, 1.165) is 40.9 Å². The van der Waals surface area contributed by atoms with Crippen LogP contribution in [0.3, 0.4) is 0 Å². The molecule has 1 fully saturated rings. The molecule has 0 unspecified atom stereocenters. The Morgan fingerprint density at radius 1 is 1.27 bits per heavy atom. The van der Waals surface area contributed by atoms with Gasteiger partial charge in [0, 0.05) is 47.6 Å². The average Bonchev–Trinajstić information content (AvgIpc) is 2.98. The van der Waals surface area contributed by atoms with Gasteiger partial charge in [-0.3, -0.25) is 9.78 Å². The summed E-state index contributed by atoms with van der Waals surface area (Å²) in [6, 6.07) is 7.80. The first-order valence-electron chi connectivity index (χ1n) is 8.97. The van der Waals surface area contributed by atoms with Crippen molar-refractivity contribution in [3.8, 4) is 11.1 Å². The number of amides is 1. The van der Waals surface area contributed by atoms with E-state index in [1.807, 2.05) is 36.1 Å². The molecule has 0 bridgehead atoms. The lowest BCUT2D eigenvalue weighted by molar-refractivity contribution is 0.0302. The van der Waals surface area contributed by atoms with Crippen molar-refractivity contribution >= 4 is 17.5 Å². The van der Waals surface area contributed by atoms with Crippen molar-refractivity contribution in [2.45, 2.75) is 38.9 Å². The van der Waals surface area contributed by atoms with Gasteiger partial charge in [-0.2, -0.15) is 0 Å². The molecule has 1 saturated heterocycles. The largest absolute Gasteiger partial charge is 0.381 e. The predicted molar refractivity (Wildman–Crippen MR) is 101 cm³/mol. The van der Waals surface area contributed by atoms with Gasteiger partial charge in [0.15, 0.2) is 0 Å². The Hall–Kier alpha value is -1.95.